The van der Waals surface area contributed by atoms with E-state index in [2.05, 4.69) is 54.5 Å². The summed E-state index contributed by atoms with van der Waals surface area (Å²) < 4.78 is 6.18. The fourth-order valence-corrected chi connectivity index (χ4v) is 4.34. The quantitative estimate of drug-likeness (QED) is 0.606. The molecule has 0 N–H and O–H groups in total. The molecule has 0 bridgehead atoms. The lowest BCUT2D eigenvalue weighted by atomic mass is 9.60. The van der Waals surface area contributed by atoms with Gasteiger partial charge in [-0.3, -0.25) is 0 Å². The zero-order chi connectivity index (χ0) is 13.1. The fraction of sp³-hybridized carbons (Fsp3) is 0.875. The van der Waals surface area contributed by atoms with Crippen LogP contribution in [0.25, 0.3) is 0 Å². The van der Waals surface area contributed by atoms with Gasteiger partial charge in [0.05, 0.1) is 11.7 Å². The van der Waals surface area contributed by atoms with Crippen LogP contribution >= 0.6 is 0 Å². The molecule has 0 aromatic carbocycles. The molecule has 3 unspecified atom stereocenters. The van der Waals surface area contributed by atoms with Crippen LogP contribution in [0.1, 0.15) is 61.3 Å². The maximum atomic E-state index is 6.18. The number of hydrogen-bond donors (Lipinski definition) is 0. The Morgan fingerprint density at radius 2 is 1.76 bits per heavy atom. The maximum absolute atomic E-state index is 6.18. The van der Waals surface area contributed by atoms with E-state index in [1.807, 2.05) is 0 Å². The van der Waals surface area contributed by atoms with E-state index in [1.54, 1.807) is 5.57 Å². The third kappa shape index (κ3) is 1.87. The lowest BCUT2D eigenvalue weighted by Crippen LogP contribution is -2.40. The van der Waals surface area contributed by atoms with Crippen LogP contribution in [0.5, 0.6) is 0 Å². The Balaban J connectivity index is 2.30. The molecule has 0 saturated carbocycles. The minimum absolute atomic E-state index is 0.0424. The lowest BCUT2D eigenvalue weighted by Gasteiger charge is -2.43. The van der Waals surface area contributed by atoms with Gasteiger partial charge in [-0.15, -0.1) is 0 Å². The van der Waals surface area contributed by atoms with Gasteiger partial charge in [0.1, 0.15) is 0 Å². The first kappa shape index (κ1) is 13.1. The van der Waals surface area contributed by atoms with Gasteiger partial charge in [0.15, 0.2) is 0 Å². The van der Waals surface area contributed by atoms with Crippen LogP contribution in [-0.4, -0.2) is 11.7 Å². The molecule has 2 aliphatic rings. The average Bonchev–Trinajstić information content (AvgIpc) is 2.50. The molecule has 17 heavy (non-hydrogen) atoms. The summed E-state index contributed by atoms with van der Waals surface area (Å²) in [5, 5.41) is 0. The van der Waals surface area contributed by atoms with Gasteiger partial charge in [-0.1, -0.05) is 32.4 Å². The Morgan fingerprint density at radius 1 is 1.18 bits per heavy atom. The van der Waals surface area contributed by atoms with Crippen molar-refractivity contribution in [2.45, 2.75) is 73.0 Å². The predicted octanol–water partition coefficient (Wildman–Crippen LogP) is 4.57. The largest absolute Gasteiger partial charge is 0.372 e. The SMILES string of the molecule is CC1=CCC(C2(C)CC(C)(C)OC2C)C1(C)C. The summed E-state index contributed by atoms with van der Waals surface area (Å²) in [5.74, 6) is 0.715. The highest BCUT2D eigenvalue weighted by molar-refractivity contribution is 5.22. The van der Waals surface area contributed by atoms with Crippen LogP contribution in [-0.2, 0) is 4.74 Å². The molecule has 1 heterocycles. The Kier molecular flexibility index (Phi) is 2.78. The van der Waals surface area contributed by atoms with Crippen molar-refractivity contribution >= 4 is 0 Å². The van der Waals surface area contributed by atoms with Crippen LogP contribution < -0.4 is 0 Å². The first-order chi connectivity index (χ1) is 7.59. The zero-order valence-electron chi connectivity index (χ0n) is 12.6. The number of allylic oxidation sites excluding steroid dienone is 2. The van der Waals surface area contributed by atoms with Crippen LogP contribution in [0.15, 0.2) is 11.6 Å². The molecule has 0 radical (unpaired) electrons. The van der Waals surface area contributed by atoms with Crippen LogP contribution in [0.3, 0.4) is 0 Å². The van der Waals surface area contributed by atoms with Gasteiger partial charge in [-0.05, 0) is 51.9 Å². The van der Waals surface area contributed by atoms with Crippen LogP contribution in [0, 0.1) is 16.7 Å². The maximum Gasteiger partial charge on any atom is 0.0636 e. The van der Waals surface area contributed by atoms with Gasteiger partial charge >= 0.3 is 0 Å². The van der Waals surface area contributed by atoms with E-state index < -0.39 is 0 Å². The van der Waals surface area contributed by atoms with Crippen LogP contribution in [0.2, 0.25) is 0 Å². The summed E-state index contributed by atoms with van der Waals surface area (Å²) in [6.45, 7) is 16.3. The average molecular weight is 236 g/mol. The minimum atomic E-state index is 0.0424. The van der Waals surface area contributed by atoms with E-state index in [4.69, 9.17) is 4.74 Å². The minimum Gasteiger partial charge on any atom is -0.372 e. The Hall–Kier alpha value is -0.300. The summed E-state index contributed by atoms with van der Waals surface area (Å²) in [6.07, 6.45) is 5.20. The van der Waals surface area contributed by atoms with Crippen molar-refractivity contribution in [1.82, 2.24) is 0 Å². The second kappa shape index (κ2) is 3.60. The number of rotatable bonds is 1. The molecule has 0 amide bonds. The highest BCUT2D eigenvalue weighted by Crippen LogP contribution is 2.59. The normalized spacial score (nSPS) is 43.8. The first-order valence-electron chi connectivity index (χ1n) is 6.95. The van der Waals surface area contributed by atoms with Gasteiger partial charge < -0.3 is 4.74 Å². The smallest absolute Gasteiger partial charge is 0.0636 e. The number of ether oxygens (including phenoxy) is 1. The molecule has 0 spiro atoms. The van der Waals surface area contributed by atoms with E-state index >= 15 is 0 Å². The molecule has 0 aromatic heterocycles. The first-order valence-corrected chi connectivity index (χ1v) is 6.95. The molecule has 1 aliphatic carbocycles. The predicted molar refractivity (Wildman–Crippen MR) is 73.0 cm³/mol. The second-order valence-corrected chi connectivity index (χ2v) is 7.60. The van der Waals surface area contributed by atoms with Crippen molar-refractivity contribution in [3.8, 4) is 0 Å². The zero-order valence-corrected chi connectivity index (χ0v) is 12.6. The molecule has 1 nitrogen and oxygen atoms in total. The van der Waals surface area contributed by atoms with Crippen molar-refractivity contribution in [2.75, 3.05) is 0 Å². The third-order valence-electron chi connectivity index (χ3n) is 5.57. The summed E-state index contributed by atoms with van der Waals surface area (Å²) in [7, 11) is 0. The van der Waals surface area contributed by atoms with Crippen molar-refractivity contribution < 1.29 is 4.74 Å². The lowest BCUT2D eigenvalue weighted by molar-refractivity contribution is -0.0370. The summed E-state index contributed by atoms with van der Waals surface area (Å²) in [4.78, 5) is 0. The Morgan fingerprint density at radius 3 is 2.12 bits per heavy atom. The van der Waals surface area contributed by atoms with E-state index in [9.17, 15) is 0 Å². The highest BCUT2D eigenvalue weighted by atomic mass is 16.5. The summed E-state index contributed by atoms with van der Waals surface area (Å²) in [6, 6.07) is 0. The summed E-state index contributed by atoms with van der Waals surface area (Å²) >= 11 is 0. The van der Waals surface area contributed by atoms with Gasteiger partial charge in [0.2, 0.25) is 0 Å². The van der Waals surface area contributed by atoms with E-state index in [1.165, 1.54) is 12.8 Å². The standard InChI is InChI=1S/C16H28O/c1-11-8-9-13(15(11,5)6)16(7)10-14(3,4)17-12(16)2/h8,12-13H,9-10H2,1-7H3. The van der Waals surface area contributed by atoms with Gasteiger partial charge in [-0.25, -0.2) is 0 Å². The molecule has 3 atom stereocenters. The molecule has 2 rings (SSSR count). The molecule has 98 valence electrons. The molecular weight excluding hydrogens is 208 g/mol. The van der Waals surface area contributed by atoms with Crippen molar-refractivity contribution in [1.29, 1.82) is 0 Å². The molecule has 1 saturated heterocycles. The molecule has 1 aliphatic heterocycles. The van der Waals surface area contributed by atoms with Crippen molar-refractivity contribution in [3.63, 3.8) is 0 Å². The van der Waals surface area contributed by atoms with Crippen molar-refractivity contribution in [3.05, 3.63) is 11.6 Å². The van der Waals surface area contributed by atoms with Gasteiger partial charge in [0, 0.05) is 5.41 Å². The topological polar surface area (TPSA) is 9.23 Å². The number of hydrogen-bond acceptors (Lipinski definition) is 1. The van der Waals surface area contributed by atoms with E-state index in [0.29, 0.717) is 22.9 Å². The van der Waals surface area contributed by atoms with Crippen LogP contribution in [0.4, 0.5) is 0 Å². The molecule has 0 aromatic rings. The van der Waals surface area contributed by atoms with E-state index in [0.717, 1.165) is 0 Å². The van der Waals surface area contributed by atoms with Crippen molar-refractivity contribution in [2.24, 2.45) is 16.7 Å². The molecule has 1 fully saturated rings. The Labute approximate surface area is 107 Å². The molecule has 1 heteroatoms. The highest BCUT2D eigenvalue weighted by Gasteiger charge is 2.55. The molecular formula is C16H28O. The second-order valence-electron chi connectivity index (χ2n) is 7.60. The van der Waals surface area contributed by atoms with Gasteiger partial charge in [0.25, 0.3) is 0 Å². The Bertz CT molecular complexity index is 351. The monoisotopic (exact) mass is 236 g/mol. The van der Waals surface area contributed by atoms with Gasteiger partial charge in [-0.2, -0.15) is 0 Å². The summed E-state index contributed by atoms with van der Waals surface area (Å²) in [5.41, 5.74) is 2.23. The third-order valence-corrected chi connectivity index (χ3v) is 5.57. The fourth-order valence-electron chi connectivity index (χ4n) is 4.34. The van der Waals surface area contributed by atoms with E-state index in [-0.39, 0.29) is 5.60 Å².